The molecule has 0 unspecified atom stereocenters. The molecule has 4 nitrogen and oxygen atoms in total. The van der Waals surface area contributed by atoms with Crippen molar-refractivity contribution in [1.29, 1.82) is 0 Å². The summed E-state index contributed by atoms with van der Waals surface area (Å²) >= 11 is 0. The molecule has 0 N–H and O–H groups in total. The van der Waals surface area contributed by atoms with E-state index in [1.54, 1.807) is 0 Å². The van der Waals surface area contributed by atoms with Gasteiger partial charge in [-0.1, -0.05) is 30.3 Å². The molecule has 0 aromatic heterocycles. The zero-order valence-electron chi connectivity index (χ0n) is 16.2. The van der Waals surface area contributed by atoms with Gasteiger partial charge in [-0.2, -0.15) is 0 Å². The highest BCUT2D eigenvalue weighted by Crippen LogP contribution is 2.28. The molecule has 2 aliphatic rings. The fraction of sp³-hybridized carbons (Fsp3) is 0.636. The Kier molecular flexibility index (Phi) is 6.00. The highest BCUT2D eigenvalue weighted by Gasteiger charge is 2.42. The Hall–Kier alpha value is -1.84. The maximum atomic E-state index is 13.0. The average Bonchev–Trinajstić information content (AvgIpc) is 2.69. The molecule has 2 saturated heterocycles. The highest BCUT2D eigenvalue weighted by molar-refractivity contribution is 6.04. The zero-order chi connectivity index (χ0) is 18.6. The van der Waals surface area contributed by atoms with Crippen molar-refractivity contribution in [3.8, 4) is 0 Å². The normalized spacial score (nSPS) is 19.5. The quantitative estimate of drug-likeness (QED) is 0.775. The van der Waals surface area contributed by atoms with E-state index in [1.807, 2.05) is 29.7 Å². The van der Waals surface area contributed by atoms with Crippen LogP contribution in [-0.2, 0) is 16.0 Å². The minimum atomic E-state index is -0.941. The number of rotatable bonds is 4. The predicted octanol–water partition coefficient (Wildman–Crippen LogP) is 3.51. The molecule has 1 aromatic carbocycles. The van der Waals surface area contributed by atoms with Gasteiger partial charge in [-0.15, -0.1) is 0 Å². The molecule has 1 aromatic rings. The largest absolute Gasteiger partial charge is 0.342 e. The molecule has 0 spiro atoms. The monoisotopic (exact) mass is 356 g/mol. The number of carbonyl (C=O) groups excluding carboxylic acids is 2. The van der Waals surface area contributed by atoms with Crippen molar-refractivity contribution in [2.75, 3.05) is 26.2 Å². The summed E-state index contributed by atoms with van der Waals surface area (Å²) in [7, 11) is 0. The van der Waals surface area contributed by atoms with Gasteiger partial charge in [-0.25, -0.2) is 0 Å². The molecule has 0 saturated carbocycles. The van der Waals surface area contributed by atoms with Crippen molar-refractivity contribution in [1.82, 2.24) is 9.80 Å². The van der Waals surface area contributed by atoms with E-state index in [4.69, 9.17) is 0 Å². The van der Waals surface area contributed by atoms with Gasteiger partial charge in [0.25, 0.3) is 0 Å². The lowest BCUT2D eigenvalue weighted by Crippen LogP contribution is -2.53. The third-order valence-corrected chi connectivity index (χ3v) is 5.98. The van der Waals surface area contributed by atoms with Crippen molar-refractivity contribution in [2.45, 2.75) is 52.4 Å². The minimum absolute atomic E-state index is 0.00577. The van der Waals surface area contributed by atoms with Gasteiger partial charge in [0.1, 0.15) is 5.41 Å². The molecule has 2 fully saturated rings. The predicted molar refractivity (Wildman–Crippen MR) is 104 cm³/mol. The molecule has 3 rings (SSSR count). The third-order valence-electron chi connectivity index (χ3n) is 5.98. The fourth-order valence-electron chi connectivity index (χ4n) is 4.27. The summed E-state index contributed by atoms with van der Waals surface area (Å²) < 4.78 is 0. The summed E-state index contributed by atoms with van der Waals surface area (Å²) in [5.74, 6) is 0.641. The van der Waals surface area contributed by atoms with Gasteiger partial charge in [-0.05, 0) is 63.9 Å². The van der Waals surface area contributed by atoms with Crippen LogP contribution >= 0.6 is 0 Å². The summed E-state index contributed by atoms with van der Waals surface area (Å²) in [5, 5.41) is 0. The van der Waals surface area contributed by atoms with E-state index in [9.17, 15) is 9.59 Å². The average molecular weight is 357 g/mol. The van der Waals surface area contributed by atoms with E-state index in [1.165, 1.54) is 12.0 Å². The Morgan fingerprint density at radius 2 is 1.42 bits per heavy atom. The fourth-order valence-corrected chi connectivity index (χ4v) is 4.27. The summed E-state index contributed by atoms with van der Waals surface area (Å²) in [4.78, 5) is 29.7. The number of likely N-dealkylation sites (tertiary alicyclic amines) is 2. The molecule has 26 heavy (non-hydrogen) atoms. The molecule has 4 heteroatoms. The van der Waals surface area contributed by atoms with E-state index in [0.717, 1.165) is 58.3 Å². The Morgan fingerprint density at radius 3 is 2.00 bits per heavy atom. The molecule has 0 radical (unpaired) electrons. The molecule has 0 atom stereocenters. The number of hydrogen-bond acceptors (Lipinski definition) is 2. The second-order valence-electron chi connectivity index (χ2n) is 8.40. The van der Waals surface area contributed by atoms with Crippen LogP contribution in [0.4, 0.5) is 0 Å². The zero-order valence-corrected chi connectivity index (χ0v) is 16.2. The second-order valence-corrected chi connectivity index (χ2v) is 8.40. The first-order chi connectivity index (χ1) is 12.5. The number of piperidine rings is 2. The van der Waals surface area contributed by atoms with Crippen LogP contribution in [0.1, 0.15) is 51.5 Å². The van der Waals surface area contributed by atoms with Crippen molar-refractivity contribution >= 4 is 11.8 Å². The van der Waals surface area contributed by atoms with Crippen molar-refractivity contribution in [3.05, 3.63) is 35.9 Å². The lowest BCUT2D eigenvalue weighted by Gasteiger charge is -2.39. The Morgan fingerprint density at radius 1 is 0.885 bits per heavy atom. The highest BCUT2D eigenvalue weighted by atomic mass is 16.2. The van der Waals surface area contributed by atoms with Crippen LogP contribution in [0.2, 0.25) is 0 Å². The lowest BCUT2D eigenvalue weighted by molar-refractivity contribution is -0.155. The van der Waals surface area contributed by atoms with Gasteiger partial charge in [0, 0.05) is 26.2 Å². The van der Waals surface area contributed by atoms with E-state index >= 15 is 0 Å². The van der Waals surface area contributed by atoms with Crippen molar-refractivity contribution in [3.63, 3.8) is 0 Å². The van der Waals surface area contributed by atoms with E-state index < -0.39 is 5.41 Å². The first kappa shape index (κ1) is 18.9. The number of amides is 2. The van der Waals surface area contributed by atoms with E-state index in [2.05, 4.69) is 24.3 Å². The topological polar surface area (TPSA) is 40.6 Å². The first-order valence-electron chi connectivity index (χ1n) is 10.1. The van der Waals surface area contributed by atoms with Gasteiger partial charge < -0.3 is 9.80 Å². The standard InChI is InChI=1S/C22H32N2O2/c1-22(2,20(25)23-13-7-4-8-14-23)21(26)24-15-11-19(12-16-24)17-18-9-5-3-6-10-18/h3,5-6,9-10,19H,4,7-8,11-17H2,1-2H3. The Bertz CT molecular complexity index is 612. The van der Waals surface area contributed by atoms with Crippen LogP contribution in [0.3, 0.4) is 0 Å². The summed E-state index contributed by atoms with van der Waals surface area (Å²) in [6, 6.07) is 10.6. The van der Waals surface area contributed by atoms with Gasteiger partial charge in [-0.3, -0.25) is 9.59 Å². The van der Waals surface area contributed by atoms with E-state index in [-0.39, 0.29) is 11.8 Å². The van der Waals surface area contributed by atoms with Crippen LogP contribution in [0.25, 0.3) is 0 Å². The number of carbonyl (C=O) groups is 2. The number of benzene rings is 1. The summed E-state index contributed by atoms with van der Waals surface area (Å²) in [5.41, 5.74) is 0.432. The van der Waals surface area contributed by atoms with Gasteiger partial charge >= 0.3 is 0 Å². The second kappa shape index (κ2) is 8.24. The van der Waals surface area contributed by atoms with Gasteiger partial charge in [0.15, 0.2) is 0 Å². The third kappa shape index (κ3) is 4.28. The van der Waals surface area contributed by atoms with Crippen LogP contribution in [0, 0.1) is 11.3 Å². The molecule has 0 aliphatic carbocycles. The van der Waals surface area contributed by atoms with Crippen LogP contribution in [0.15, 0.2) is 30.3 Å². The lowest BCUT2D eigenvalue weighted by atomic mass is 9.85. The molecule has 2 aliphatic heterocycles. The van der Waals surface area contributed by atoms with Crippen LogP contribution in [-0.4, -0.2) is 47.8 Å². The molecule has 142 valence electrons. The van der Waals surface area contributed by atoms with Gasteiger partial charge in [0.05, 0.1) is 0 Å². The molecule has 2 amide bonds. The smallest absolute Gasteiger partial charge is 0.237 e. The Balaban J connectivity index is 1.54. The Labute approximate surface area is 157 Å². The number of hydrogen-bond donors (Lipinski definition) is 0. The van der Waals surface area contributed by atoms with Crippen LogP contribution < -0.4 is 0 Å². The minimum Gasteiger partial charge on any atom is -0.342 e. The molecule has 2 heterocycles. The molecular formula is C22H32N2O2. The summed E-state index contributed by atoms with van der Waals surface area (Å²) in [6.07, 6.45) is 6.43. The maximum absolute atomic E-state index is 13.0. The number of nitrogens with zero attached hydrogens (tertiary/aromatic N) is 2. The summed E-state index contributed by atoms with van der Waals surface area (Å²) in [6.45, 7) is 6.76. The molecular weight excluding hydrogens is 324 g/mol. The van der Waals surface area contributed by atoms with Crippen molar-refractivity contribution < 1.29 is 9.59 Å². The van der Waals surface area contributed by atoms with E-state index in [0.29, 0.717) is 5.92 Å². The van der Waals surface area contributed by atoms with Crippen molar-refractivity contribution in [2.24, 2.45) is 11.3 Å². The van der Waals surface area contributed by atoms with Crippen LogP contribution in [0.5, 0.6) is 0 Å². The van der Waals surface area contributed by atoms with Gasteiger partial charge in [0.2, 0.25) is 11.8 Å². The first-order valence-corrected chi connectivity index (χ1v) is 10.1. The maximum Gasteiger partial charge on any atom is 0.237 e. The molecule has 0 bridgehead atoms. The SMILES string of the molecule is CC(C)(C(=O)N1CCCCC1)C(=O)N1CCC(Cc2ccccc2)CC1.